The maximum absolute atomic E-state index is 10.9. The largest absolute Gasteiger partial charge is 0.466 e. The van der Waals surface area contributed by atoms with Crippen LogP contribution in [-0.2, 0) is 20.7 Å². The van der Waals surface area contributed by atoms with Crippen LogP contribution in [0.5, 0.6) is 0 Å². The first kappa shape index (κ1) is 19.9. The molecule has 0 spiro atoms. The summed E-state index contributed by atoms with van der Waals surface area (Å²) < 4.78 is 4.75. The Morgan fingerprint density at radius 3 is 2.73 bits per heavy atom. The molecule has 7 nitrogen and oxygen atoms in total. The number of carbonyl (C=O) groups excluding carboxylic acids is 2. The summed E-state index contributed by atoms with van der Waals surface area (Å²) in [6.07, 6.45) is 1.86. The molecule has 2 heterocycles. The SMILES string of the molecule is CC(=O)CSc1nc2ccccc2[nH]1.CCOC(=O)Cc1cnc(N)s1. The molecule has 0 fully saturated rings. The highest BCUT2D eigenvalue weighted by atomic mass is 32.2. The van der Waals surface area contributed by atoms with E-state index >= 15 is 0 Å². The van der Waals surface area contributed by atoms with Gasteiger partial charge in [0.1, 0.15) is 5.78 Å². The predicted molar refractivity (Wildman–Crippen MR) is 104 cm³/mol. The molecule has 3 aromatic rings. The Kier molecular flexibility index (Phi) is 7.61. The second-order valence-electron chi connectivity index (χ2n) is 5.20. The minimum Gasteiger partial charge on any atom is -0.466 e. The smallest absolute Gasteiger partial charge is 0.311 e. The normalized spacial score (nSPS) is 10.2. The van der Waals surface area contributed by atoms with Crippen molar-refractivity contribution < 1.29 is 14.3 Å². The van der Waals surface area contributed by atoms with Gasteiger partial charge in [0.15, 0.2) is 10.3 Å². The van der Waals surface area contributed by atoms with Gasteiger partial charge in [-0.1, -0.05) is 23.9 Å². The van der Waals surface area contributed by atoms with Gasteiger partial charge >= 0.3 is 5.97 Å². The number of fused-ring (bicyclic) bond motifs is 1. The second-order valence-corrected chi connectivity index (χ2v) is 7.31. The zero-order chi connectivity index (χ0) is 18.9. The van der Waals surface area contributed by atoms with Crippen LogP contribution in [0.1, 0.15) is 18.7 Å². The van der Waals surface area contributed by atoms with Gasteiger partial charge in [-0.15, -0.1) is 11.3 Å². The molecule has 9 heteroatoms. The fourth-order valence-corrected chi connectivity index (χ4v) is 3.28. The van der Waals surface area contributed by atoms with Crippen LogP contribution in [0.3, 0.4) is 0 Å². The van der Waals surface area contributed by atoms with Crippen molar-refractivity contribution in [3.8, 4) is 0 Å². The van der Waals surface area contributed by atoms with Crippen LogP contribution < -0.4 is 5.73 Å². The third-order valence-corrected chi connectivity index (χ3v) is 4.82. The molecular weight excluding hydrogens is 372 g/mol. The van der Waals surface area contributed by atoms with Crippen molar-refractivity contribution in [3.63, 3.8) is 0 Å². The third-order valence-electron chi connectivity index (χ3n) is 2.98. The summed E-state index contributed by atoms with van der Waals surface area (Å²) in [4.78, 5) is 33.9. The van der Waals surface area contributed by atoms with E-state index in [1.807, 2.05) is 24.3 Å². The molecule has 3 N–H and O–H groups in total. The van der Waals surface area contributed by atoms with Gasteiger partial charge in [-0.2, -0.15) is 0 Å². The maximum atomic E-state index is 10.9. The van der Waals surface area contributed by atoms with Gasteiger partial charge in [0.25, 0.3) is 0 Å². The van der Waals surface area contributed by atoms with Crippen LogP contribution in [0.2, 0.25) is 0 Å². The van der Waals surface area contributed by atoms with E-state index in [4.69, 9.17) is 10.5 Å². The molecule has 1 aromatic carbocycles. The van der Waals surface area contributed by atoms with Gasteiger partial charge < -0.3 is 15.5 Å². The molecule has 0 aliphatic carbocycles. The standard InChI is InChI=1S/C10H10N2OS.C7H10N2O2S/c1-7(13)6-14-10-11-8-4-2-3-5-9(8)12-10;1-2-11-6(10)3-5-4-9-7(8)12-5/h2-5H,6H2,1H3,(H,11,12);4H,2-3H2,1H3,(H2,8,9). The first-order valence-corrected chi connectivity index (χ1v) is 9.71. The van der Waals surface area contributed by atoms with Gasteiger partial charge in [-0.3, -0.25) is 9.59 Å². The Hall–Kier alpha value is -2.39. The van der Waals surface area contributed by atoms with Crippen molar-refractivity contribution in [2.45, 2.75) is 25.4 Å². The highest BCUT2D eigenvalue weighted by molar-refractivity contribution is 7.99. The molecule has 0 unspecified atom stereocenters. The first-order chi connectivity index (χ1) is 12.5. The number of anilines is 1. The number of ether oxygens (including phenoxy) is 1. The predicted octanol–water partition coefficient (Wildman–Crippen LogP) is 3.07. The number of nitrogens with zero attached hydrogens (tertiary/aromatic N) is 2. The fourth-order valence-electron chi connectivity index (χ4n) is 1.93. The zero-order valence-electron chi connectivity index (χ0n) is 14.5. The second kappa shape index (κ2) is 9.93. The number of thiazole rings is 1. The molecular formula is C17H20N4O3S2. The molecule has 0 saturated heterocycles. The molecule has 0 amide bonds. The van der Waals surface area contributed by atoms with Crippen molar-refractivity contribution in [1.29, 1.82) is 0 Å². The van der Waals surface area contributed by atoms with Gasteiger partial charge in [-0.25, -0.2) is 9.97 Å². The number of H-pyrrole nitrogens is 1. The number of carbonyl (C=O) groups is 2. The van der Waals surface area contributed by atoms with E-state index in [1.54, 1.807) is 20.0 Å². The van der Waals surface area contributed by atoms with E-state index in [9.17, 15) is 9.59 Å². The highest BCUT2D eigenvalue weighted by Crippen LogP contribution is 2.18. The molecule has 3 rings (SSSR count). The molecule has 138 valence electrons. The summed E-state index contributed by atoms with van der Waals surface area (Å²) in [7, 11) is 0. The number of rotatable bonds is 6. The first-order valence-electron chi connectivity index (χ1n) is 7.90. The molecule has 0 aliphatic heterocycles. The number of benzene rings is 1. The average molecular weight is 393 g/mol. The monoisotopic (exact) mass is 392 g/mol. The molecule has 0 radical (unpaired) electrons. The van der Waals surface area contributed by atoms with E-state index < -0.39 is 0 Å². The number of esters is 1. The Labute approximate surface area is 159 Å². The van der Waals surface area contributed by atoms with Crippen LogP contribution >= 0.6 is 23.1 Å². The van der Waals surface area contributed by atoms with E-state index in [0.29, 0.717) is 17.5 Å². The number of aromatic nitrogens is 3. The number of hydrogen-bond acceptors (Lipinski definition) is 8. The number of hydrogen-bond donors (Lipinski definition) is 2. The Morgan fingerprint density at radius 2 is 2.12 bits per heavy atom. The number of ketones is 1. The quantitative estimate of drug-likeness (QED) is 0.490. The molecule has 0 bridgehead atoms. The summed E-state index contributed by atoms with van der Waals surface area (Å²) in [5.74, 6) is 0.399. The van der Waals surface area contributed by atoms with E-state index in [-0.39, 0.29) is 18.2 Å². The molecule has 0 aliphatic rings. The van der Waals surface area contributed by atoms with Crippen LogP contribution in [-0.4, -0.2) is 39.1 Å². The van der Waals surface area contributed by atoms with Crippen molar-refractivity contribution in [1.82, 2.24) is 15.0 Å². The number of nitrogens with one attached hydrogen (secondary N) is 1. The molecule has 26 heavy (non-hydrogen) atoms. The third kappa shape index (κ3) is 6.49. The number of nitrogen functional groups attached to an aromatic ring is 1. The lowest BCUT2D eigenvalue weighted by Crippen LogP contribution is -2.06. The summed E-state index contributed by atoms with van der Waals surface area (Å²) in [6, 6.07) is 7.83. The summed E-state index contributed by atoms with van der Waals surface area (Å²) >= 11 is 2.75. The lowest BCUT2D eigenvalue weighted by molar-refractivity contribution is -0.142. The lowest BCUT2D eigenvalue weighted by atomic mass is 10.3. The van der Waals surface area contributed by atoms with E-state index in [2.05, 4.69) is 15.0 Å². The fraction of sp³-hybridized carbons (Fsp3) is 0.294. The van der Waals surface area contributed by atoms with Crippen LogP contribution in [0.25, 0.3) is 11.0 Å². The van der Waals surface area contributed by atoms with Crippen molar-refractivity contribution >= 4 is 51.0 Å². The van der Waals surface area contributed by atoms with Gasteiger partial charge in [0, 0.05) is 11.1 Å². The van der Waals surface area contributed by atoms with Crippen molar-refractivity contribution in [2.75, 3.05) is 18.1 Å². The Morgan fingerprint density at radius 1 is 1.35 bits per heavy atom. The van der Waals surface area contributed by atoms with Crippen LogP contribution in [0.4, 0.5) is 5.13 Å². The van der Waals surface area contributed by atoms with Crippen molar-refractivity contribution in [2.24, 2.45) is 0 Å². The number of para-hydroxylation sites is 2. The average Bonchev–Trinajstić information content (AvgIpc) is 3.19. The maximum Gasteiger partial charge on any atom is 0.311 e. The van der Waals surface area contributed by atoms with E-state index in [1.165, 1.54) is 23.1 Å². The molecule has 2 aromatic heterocycles. The number of imidazole rings is 1. The van der Waals surface area contributed by atoms with Crippen LogP contribution in [0.15, 0.2) is 35.6 Å². The zero-order valence-corrected chi connectivity index (χ0v) is 16.2. The number of nitrogens with two attached hydrogens (primary N) is 1. The Bertz CT molecular complexity index is 843. The van der Waals surface area contributed by atoms with Crippen LogP contribution in [0, 0.1) is 0 Å². The number of thioether (sulfide) groups is 1. The lowest BCUT2D eigenvalue weighted by Gasteiger charge is -1.97. The summed E-state index contributed by atoms with van der Waals surface area (Å²) in [5.41, 5.74) is 7.34. The Balaban J connectivity index is 0.000000190. The highest BCUT2D eigenvalue weighted by Gasteiger charge is 2.06. The van der Waals surface area contributed by atoms with Gasteiger partial charge in [-0.05, 0) is 26.0 Å². The molecule has 0 saturated carbocycles. The summed E-state index contributed by atoms with van der Waals surface area (Å²) in [5, 5.41) is 1.29. The van der Waals surface area contributed by atoms with Gasteiger partial charge in [0.05, 0.1) is 29.8 Å². The molecule has 0 atom stereocenters. The minimum absolute atomic E-state index is 0.162. The number of aromatic amines is 1. The van der Waals surface area contributed by atoms with Gasteiger partial charge in [0.2, 0.25) is 0 Å². The van der Waals surface area contributed by atoms with E-state index in [0.717, 1.165) is 21.1 Å². The minimum atomic E-state index is -0.235. The summed E-state index contributed by atoms with van der Waals surface area (Å²) in [6.45, 7) is 3.77. The topological polar surface area (TPSA) is 111 Å². The van der Waals surface area contributed by atoms with Crippen molar-refractivity contribution in [3.05, 3.63) is 35.3 Å². The number of Topliss-reactive ketones (excluding diaryl/α,β-unsaturated/α-hetero) is 1.